The summed E-state index contributed by atoms with van der Waals surface area (Å²) in [5, 5.41) is 17.2. The summed E-state index contributed by atoms with van der Waals surface area (Å²) >= 11 is 0. The predicted octanol–water partition coefficient (Wildman–Crippen LogP) is 2.33. The highest BCUT2D eigenvalue weighted by atomic mass is 16.2. The molecule has 1 atom stereocenters. The van der Waals surface area contributed by atoms with Crippen LogP contribution in [0.3, 0.4) is 0 Å². The number of amides is 2. The molecule has 3 N–H and O–H groups in total. The van der Waals surface area contributed by atoms with E-state index in [0.717, 1.165) is 22.8 Å². The molecular weight excluding hydrogens is 280 g/mol. The smallest absolute Gasteiger partial charge is 0.319 e. The molecule has 2 heterocycles. The maximum atomic E-state index is 12.1. The Bertz CT molecular complexity index is 642. The highest BCUT2D eigenvalue weighted by Gasteiger charge is 2.15. The maximum absolute atomic E-state index is 12.1. The minimum Gasteiger partial charge on any atom is -0.335 e. The van der Waals surface area contributed by atoms with Crippen molar-refractivity contribution in [1.29, 1.82) is 0 Å². The third kappa shape index (κ3) is 4.09. The number of rotatable bonds is 5. The molecule has 22 heavy (non-hydrogen) atoms. The fourth-order valence-electron chi connectivity index (χ4n) is 2.35. The number of anilines is 1. The van der Waals surface area contributed by atoms with E-state index in [1.165, 1.54) is 0 Å². The number of urea groups is 1. The second kappa shape index (κ2) is 6.64. The molecule has 0 aliphatic rings. The molecule has 0 saturated heterocycles. The number of H-pyrrole nitrogens is 1. The number of carbonyl (C=O) groups excluding carboxylic acids is 1. The van der Waals surface area contributed by atoms with Gasteiger partial charge in [-0.2, -0.15) is 10.2 Å². The number of nitrogens with one attached hydrogen (secondary N) is 3. The van der Waals surface area contributed by atoms with Gasteiger partial charge in [-0.1, -0.05) is 13.8 Å². The zero-order chi connectivity index (χ0) is 16.3. The Morgan fingerprint density at radius 2 is 2.14 bits per heavy atom. The summed E-state index contributed by atoms with van der Waals surface area (Å²) in [5.74, 6) is 0.251. The fraction of sp³-hybridized carbons (Fsp3) is 0.533. The van der Waals surface area contributed by atoms with E-state index >= 15 is 0 Å². The van der Waals surface area contributed by atoms with Crippen LogP contribution in [-0.2, 0) is 13.5 Å². The lowest BCUT2D eigenvalue weighted by Crippen LogP contribution is -2.37. The molecule has 120 valence electrons. The highest BCUT2D eigenvalue weighted by molar-refractivity contribution is 5.90. The van der Waals surface area contributed by atoms with Crippen molar-refractivity contribution in [3.63, 3.8) is 0 Å². The molecular formula is C15H24N6O. The van der Waals surface area contributed by atoms with Crippen molar-refractivity contribution in [3.05, 3.63) is 29.3 Å². The summed E-state index contributed by atoms with van der Waals surface area (Å²) in [6.45, 7) is 8.01. The first kappa shape index (κ1) is 16.1. The van der Waals surface area contributed by atoms with Crippen molar-refractivity contribution in [2.24, 2.45) is 7.05 Å². The molecule has 0 radical (unpaired) electrons. The topological polar surface area (TPSA) is 87.6 Å². The molecule has 0 aromatic carbocycles. The molecule has 2 aromatic heterocycles. The standard InChI is InChI=1S/C15H24N6O/c1-9(2)14-13(8-21(5)20-14)17-15(22)16-10(3)6-12-7-11(4)18-19-12/h7-10H,6H2,1-5H3,(H,18,19)(H2,16,17,22). The van der Waals surface area contributed by atoms with Crippen molar-refractivity contribution in [3.8, 4) is 0 Å². The van der Waals surface area contributed by atoms with Crippen LogP contribution in [-0.4, -0.2) is 32.1 Å². The molecule has 7 nitrogen and oxygen atoms in total. The van der Waals surface area contributed by atoms with Crippen molar-refractivity contribution in [2.75, 3.05) is 5.32 Å². The van der Waals surface area contributed by atoms with Gasteiger partial charge in [0.2, 0.25) is 0 Å². The number of hydrogen-bond donors (Lipinski definition) is 3. The average Bonchev–Trinajstić information content (AvgIpc) is 2.95. The molecule has 0 spiro atoms. The lowest BCUT2D eigenvalue weighted by molar-refractivity contribution is 0.249. The molecule has 0 saturated carbocycles. The third-order valence-corrected chi connectivity index (χ3v) is 3.30. The Morgan fingerprint density at radius 1 is 1.41 bits per heavy atom. The van der Waals surface area contributed by atoms with Gasteiger partial charge < -0.3 is 10.6 Å². The van der Waals surface area contributed by atoms with Gasteiger partial charge in [-0.3, -0.25) is 9.78 Å². The molecule has 7 heteroatoms. The highest BCUT2D eigenvalue weighted by Crippen LogP contribution is 2.21. The first-order valence-corrected chi connectivity index (χ1v) is 7.47. The van der Waals surface area contributed by atoms with E-state index in [4.69, 9.17) is 0 Å². The van der Waals surface area contributed by atoms with Gasteiger partial charge in [-0.25, -0.2) is 4.79 Å². The van der Waals surface area contributed by atoms with E-state index < -0.39 is 0 Å². The second-order valence-electron chi connectivity index (χ2n) is 6.00. The summed E-state index contributed by atoms with van der Waals surface area (Å²) in [5.41, 5.74) is 3.59. The van der Waals surface area contributed by atoms with Gasteiger partial charge in [-0.05, 0) is 25.8 Å². The van der Waals surface area contributed by atoms with Gasteiger partial charge in [0.1, 0.15) is 0 Å². The summed E-state index contributed by atoms with van der Waals surface area (Å²) in [6.07, 6.45) is 2.50. The van der Waals surface area contributed by atoms with E-state index in [1.54, 1.807) is 4.68 Å². The largest absolute Gasteiger partial charge is 0.335 e. The normalized spacial score (nSPS) is 12.5. The van der Waals surface area contributed by atoms with Gasteiger partial charge in [0.25, 0.3) is 0 Å². The average molecular weight is 304 g/mol. The monoisotopic (exact) mass is 304 g/mol. The lowest BCUT2D eigenvalue weighted by Gasteiger charge is -2.14. The van der Waals surface area contributed by atoms with E-state index in [9.17, 15) is 4.79 Å². The first-order valence-electron chi connectivity index (χ1n) is 7.47. The van der Waals surface area contributed by atoms with Crippen LogP contribution < -0.4 is 10.6 Å². The van der Waals surface area contributed by atoms with Crippen molar-refractivity contribution >= 4 is 11.7 Å². The Labute approximate surface area is 130 Å². The van der Waals surface area contributed by atoms with Crippen LogP contribution in [0.1, 0.15) is 43.8 Å². The molecule has 0 aliphatic carbocycles. The lowest BCUT2D eigenvalue weighted by atomic mass is 10.1. The van der Waals surface area contributed by atoms with E-state index in [1.807, 2.05) is 47.0 Å². The predicted molar refractivity (Wildman–Crippen MR) is 85.9 cm³/mol. The van der Waals surface area contributed by atoms with Gasteiger partial charge in [0, 0.05) is 31.4 Å². The zero-order valence-corrected chi connectivity index (χ0v) is 13.8. The van der Waals surface area contributed by atoms with Crippen LogP contribution >= 0.6 is 0 Å². The summed E-state index contributed by atoms with van der Waals surface area (Å²) < 4.78 is 1.71. The SMILES string of the molecule is Cc1cc(CC(C)NC(=O)Nc2cn(C)nc2C(C)C)n[nH]1. The maximum Gasteiger partial charge on any atom is 0.319 e. The minimum atomic E-state index is -0.227. The van der Waals surface area contributed by atoms with Gasteiger partial charge in [0.15, 0.2) is 0 Å². The van der Waals surface area contributed by atoms with E-state index in [0.29, 0.717) is 6.42 Å². The van der Waals surface area contributed by atoms with E-state index in [-0.39, 0.29) is 18.0 Å². The fourth-order valence-corrected chi connectivity index (χ4v) is 2.35. The molecule has 0 aliphatic heterocycles. The second-order valence-corrected chi connectivity index (χ2v) is 6.00. The molecule has 1 unspecified atom stereocenters. The van der Waals surface area contributed by atoms with Gasteiger partial charge in [0.05, 0.1) is 17.1 Å². The van der Waals surface area contributed by atoms with Crippen LogP contribution in [0.25, 0.3) is 0 Å². The van der Waals surface area contributed by atoms with Gasteiger partial charge in [-0.15, -0.1) is 0 Å². The summed E-state index contributed by atoms with van der Waals surface area (Å²) in [7, 11) is 1.84. The molecule has 2 amide bonds. The molecule has 2 rings (SSSR count). The van der Waals surface area contributed by atoms with Crippen molar-refractivity contribution in [1.82, 2.24) is 25.3 Å². The number of aromatic nitrogens is 4. The Balaban J connectivity index is 1.92. The molecule has 0 bridgehead atoms. The van der Waals surface area contributed by atoms with Crippen LogP contribution in [0.2, 0.25) is 0 Å². The van der Waals surface area contributed by atoms with Gasteiger partial charge >= 0.3 is 6.03 Å². The number of aryl methyl sites for hydroxylation is 2. The number of carbonyl (C=O) groups is 1. The van der Waals surface area contributed by atoms with Crippen LogP contribution in [0.4, 0.5) is 10.5 Å². The molecule has 2 aromatic rings. The minimum absolute atomic E-state index is 0.0122. The van der Waals surface area contributed by atoms with Crippen molar-refractivity contribution in [2.45, 2.75) is 46.1 Å². The third-order valence-electron chi connectivity index (χ3n) is 3.30. The molecule has 0 fully saturated rings. The Hall–Kier alpha value is -2.31. The van der Waals surface area contributed by atoms with Crippen molar-refractivity contribution < 1.29 is 4.79 Å². The number of hydrogen-bond acceptors (Lipinski definition) is 3. The summed E-state index contributed by atoms with van der Waals surface area (Å²) in [6, 6.07) is 1.74. The van der Waals surface area contributed by atoms with Crippen LogP contribution in [0.5, 0.6) is 0 Å². The quantitative estimate of drug-likeness (QED) is 0.792. The number of nitrogens with zero attached hydrogens (tertiary/aromatic N) is 3. The van der Waals surface area contributed by atoms with Crippen LogP contribution in [0.15, 0.2) is 12.3 Å². The number of aromatic amines is 1. The van der Waals surface area contributed by atoms with E-state index in [2.05, 4.69) is 25.9 Å². The van der Waals surface area contributed by atoms with Crippen LogP contribution in [0, 0.1) is 6.92 Å². The zero-order valence-electron chi connectivity index (χ0n) is 13.8. The summed E-state index contributed by atoms with van der Waals surface area (Å²) in [4.78, 5) is 12.1. The Morgan fingerprint density at radius 3 is 2.73 bits per heavy atom. The first-order chi connectivity index (χ1) is 10.3. The Kier molecular flexibility index (Phi) is 4.85.